The number of carbonyl (C=O) groups excluding carboxylic acids is 2. The Labute approximate surface area is 135 Å². The van der Waals surface area contributed by atoms with Gasteiger partial charge in [-0.1, -0.05) is 11.6 Å². The highest BCUT2D eigenvalue weighted by Crippen LogP contribution is 2.25. The molecule has 0 spiro atoms. The second-order valence-electron chi connectivity index (χ2n) is 4.15. The molecule has 0 bridgehead atoms. The van der Waals surface area contributed by atoms with Gasteiger partial charge < -0.3 is 10.1 Å². The van der Waals surface area contributed by atoms with Crippen LogP contribution in [0.2, 0.25) is 5.02 Å². The number of benzene rings is 2. The molecule has 108 valence electrons. The van der Waals surface area contributed by atoms with Crippen molar-refractivity contribution >= 4 is 45.4 Å². The zero-order valence-corrected chi connectivity index (χ0v) is 13.1. The van der Waals surface area contributed by atoms with E-state index in [1.807, 2.05) is 0 Å². The summed E-state index contributed by atoms with van der Waals surface area (Å²) in [5.74, 6) is 0.204. The number of hydrogen-bond acceptors (Lipinski definition) is 3. The van der Waals surface area contributed by atoms with Crippen LogP contribution in [-0.2, 0) is 4.79 Å². The zero-order valence-electron chi connectivity index (χ0n) is 10.8. The number of rotatable bonds is 5. The van der Waals surface area contributed by atoms with Crippen LogP contribution in [0.5, 0.6) is 5.75 Å². The minimum atomic E-state index is -0.288. The number of amides is 1. The standard InChI is InChI=1S/C15H11BrClNO3/c16-13-7-10(8-19)1-6-14(13)21-9-15(20)18-12-4-2-11(17)3-5-12/h1-8H,9H2,(H,18,20). The quantitative estimate of drug-likeness (QED) is 0.814. The van der Waals surface area contributed by atoms with E-state index >= 15 is 0 Å². The summed E-state index contributed by atoms with van der Waals surface area (Å²) < 4.78 is 6.01. The van der Waals surface area contributed by atoms with Crippen molar-refractivity contribution in [1.82, 2.24) is 0 Å². The smallest absolute Gasteiger partial charge is 0.262 e. The van der Waals surface area contributed by atoms with Crippen LogP contribution in [0.25, 0.3) is 0 Å². The fourth-order valence-corrected chi connectivity index (χ4v) is 2.22. The molecule has 21 heavy (non-hydrogen) atoms. The summed E-state index contributed by atoms with van der Waals surface area (Å²) >= 11 is 9.05. The van der Waals surface area contributed by atoms with Crippen molar-refractivity contribution in [3.8, 4) is 5.75 Å². The topological polar surface area (TPSA) is 55.4 Å². The summed E-state index contributed by atoms with van der Waals surface area (Å²) in [4.78, 5) is 22.4. The lowest BCUT2D eigenvalue weighted by molar-refractivity contribution is -0.118. The number of hydrogen-bond donors (Lipinski definition) is 1. The SMILES string of the molecule is O=Cc1ccc(OCC(=O)Nc2ccc(Cl)cc2)c(Br)c1. The summed E-state index contributed by atoms with van der Waals surface area (Å²) in [5.41, 5.74) is 1.17. The molecule has 0 heterocycles. The van der Waals surface area contributed by atoms with Crippen molar-refractivity contribution in [2.75, 3.05) is 11.9 Å². The summed E-state index contributed by atoms with van der Waals surface area (Å²) in [6.07, 6.45) is 0.738. The molecular weight excluding hydrogens is 358 g/mol. The molecule has 2 aromatic carbocycles. The van der Waals surface area contributed by atoms with E-state index in [4.69, 9.17) is 16.3 Å². The van der Waals surface area contributed by atoms with E-state index in [2.05, 4.69) is 21.2 Å². The molecule has 4 nitrogen and oxygen atoms in total. The molecule has 6 heteroatoms. The molecule has 2 rings (SSSR count). The van der Waals surface area contributed by atoms with Crippen LogP contribution in [0.15, 0.2) is 46.9 Å². The molecule has 0 unspecified atom stereocenters. The molecule has 0 aliphatic rings. The zero-order chi connectivity index (χ0) is 15.2. The van der Waals surface area contributed by atoms with Gasteiger partial charge in [0.05, 0.1) is 4.47 Å². The van der Waals surface area contributed by atoms with Gasteiger partial charge in [0.25, 0.3) is 5.91 Å². The molecular formula is C15H11BrClNO3. The predicted octanol–water partition coefficient (Wildman–Crippen LogP) is 3.93. The van der Waals surface area contributed by atoms with E-state index in [1.54, 1.807) is 42.5 Å². The van der Waals surface area contributed by atoms with Crippen molar-refractivity contribution < 1.29 is 14.3 Å². The third-order valence-corrected chi connectivity index (χ3v) is 3.45. The molecule has 0 saturated heterocycles. The number of halogens is 2. The molecule has 1 N–H and O–H groups in total. The fourth-order valence-electron chi connectivity index (χ4n) is 1.58. The van der Waals surface area contributed by atoms with Gasteiger partial charge in [0.15, 0.2) is 6.61 Å². The molecule has 0 fully saturated rings. The van der Waals surface area contributed by atoms with E-state index < -0.39 is 0 Å². The lowest BCUT2D eigenvalue weighted by atomic mass is 10.2. The van der Waals surface area contributed by atoms with Gasteiger partial charge in [-0.15, -0.1) is 0 Å². The number of ether oxygens (including phenoxy) is 1. The minimum absolute atomic E-state index is 0.137. The third-order valence-electron chi connectivity index (χ3n) is 2.58. The highest BCUT2D eigenvalue weighted by Gasteiger charge is 2.07. The van der Waals surface area contributed by atoms with Gasteiger partial charge in [-0.2, -0.15) is 0 Å². The van der Waals surface area contributed by atoms with Crippen LogP contribution in [0.4, 0.5) is 5.69 Å². The molecule has 0 saturated carbocycles. The second-order valence-corrected chi connectivity index (χ2v) is 5.44. The van der Waals surface area contributed by atoms with Crippen molar-refractivity contribution in [3.05, 3.63) is 57.5 Å². The van der Waals surface area contributed by atoms with Crippen LogP contribution < -0.4 is 10.1 Å². The Morgan fingerprint density at radius 2 is 1.95 bits per heavy atom. The molecule has 0 aliphatic carbocycles. The maximum atomic E-state index is 11.8. The number of carbonyl (C=O) groups is 2. The Balaban J connectivity index is 1.92. The Hall–Kier alpha value is -1.85. The number of nitrogens with one attached hydrogen (secondary N) is 1. The lowest BCUT2D eigenvalue weighted by Crippen LogP contribution is -2.20. The molecule has 0 aromatic heterocycles. The van der Waals surface area contributed by atoms with Crippen LogP contribution in [0.1, 0.15) is 10.4 Å². The first-order chi connectivity index (χ1) is 10.1. The normalized spacial score (nSPS) is 10.0. The molecule has 0 atom stereocenters. The minimum Gasteiger partial charge on any atom is -0.483 e. The first-order valence-electron chi connectivity index (χ1n) is 6.01. The second kappa shape index (κ2) is 7.24. The van der Waals surface area contributed by atoms with E-state index in [1.165, 1.54) is 0 Å². The number of anilines is 1. The van der Waals surface area contributed by atoms with Crippen LogP contribution in [0.3, 0.4) is 0 Å². The summed E-state index contributed by atoms with van der Waals surface area (Å²) in [6.45, 7) is -0.137. The summed E-state index contributed by atoms with van der Waals surface area (Å²) in [5, 5.41) is 3.29. The largest absolute Gasteiger partial charge is 0.483 e. The molecule has 0 radical (unpaired) electrons. The lowest BCUT2D eigenvalue weighted by Gasteiger charge is -2.09. The predicted molar refractivity (Wildman–Crippen MR) is 85.1 cm³/mol. The van der Waals surface area contributed by atoms with Crippen LogP contribution in [-0.4, -0.2) is 18.8 Å². The van der Waals surface area contributed by atoms with E-state index in [-0.39, 0.29) is 12.5 Å². The molecule has 0 aliphatic heterocycles. The Bertz CT molecular complexity index is 658. The van der Waals surface area contributed by atoms with E-state index in [0.717, 1.165) is 6.29 Å². The van der Waals surface area contributed by atoms with Gasteiger partial charge >= 0.3 is 0 Å². The average Bonchev–Trinajstić information content (AvgIpc) is 2.48. The highest BCUT2D eigenvalue weighted by atomic mass is 79.9. The Morgan fingerprint density at radius 3 is 2.57 bits per heavy atom. The van der Waals surface area contributed by atoms with Gasteiger partial charge in [-0.25, -0.2) is 0 Å². The molecule has 2 aromatic rings. The van der Waals surface area contributed by atoms with Crippen molar-refractivity contribution in [2.45, 2.75) is 0 Å². The van der Waals surface area contributed by atoms with Gasteiger partial charge in [-0.3, -0.25) is 9.59 Å². The van der Waals surface area contributed by atoms with E-state index in [0.29, 0.717) is 26.5 Å². The first-order valence-corrected chi connectivity index (χ1v) is 7.18. The van der Waals surface area contributed by atoms with Gasteiger partial charge in [0.2, 0.25) is 0 Å². The highest BCUT2D eigenvalue weighted by molar-refractivity contribution is 9.10. The van der Waals surface area contributed by atoms with Crippen molar-refractivity contribution in [3.63, 3.8) is 0 Å². The maximum Gasteiger partial charge on any atom is 0.262 e. The van der Waals surface area contributed by atoms with E-state index in [9.17, 15) is 9.59 Å². The fraction of sp³-hybridized carbons (Fsp3) is 0.0667. The molecule has 1 amide bonds. The summed E-state index contributed by atoms with van der Waals surface area (Å²) in [6, 6.07) is 11.6. The van der Waals surface area contributed by atoms with Crippen molar-refractivity contribution in [1.29, 1.82) is 0 Å². The first kappa shape index (κ1) is 15.5. The third kappa shape index (κ3) is 4.58. The van der Waals surface area contributed by atoms with Crippen LogP contribution >= 0.6 is 27.5 Å². The monoisotopic (exact) mass is 367 g/mol. The van der Waals surface area contributed by atoms with Crippen LogP contribution in [0, 0.1) is 0 Å². The summed E-state index contributed by atoms with van der Waals surface area (Å²) in [7, 11) is 0. The van der Waals surface area contributed by atoms with Gasteiger partial charge in [0, 0.05) is 16.3 Å². The number of aldehydes is 1. The van der Waals surface area contributed by atoms with Gasteiger partial charge in [-0.05, 0) is 58.4 Å². The van der Waals surface area contributed by atoms with Gasteiger partial charge in [0.1, 0.15) is 12.0 Å². The average molecular weight is 369 g/mol. The Kier molecular flexibility index (Phi) is 5.36. The van der Waals surface area contributed by atoms with Crippen molar-refractivity contribution in [2.24, 2.45) is 0 Å². The Morgan fingerprint density at radius 1 is 1.24 bits per heavy atom. The maximum absolute atomic E-state index is 11.8.